The zero-order chi connectivity index (χ0) is 20.6. The van der Waals surface area contributed by atoms with Gasteiger partial charge in [0, 0.05) is 43.3 Å². The first kappa shape index (κ1) is 20.2. The Morgan fingerprint density at radius 1 is 1.03 bits per heavy atom. The van der Waals surface area contributed by atoms with Crippen LogP contribution in [0.3, 0.4) is 0 Å². The number of hydrogen-bond donors (Lipinski definition) is 3. The Kier molecular flexibility index (Phi) is 6.68. The van der Waals surface area contributed by atoms with Crippen molar-refractivity contribution in [1.29, 1.82) is 0 Å². The van der Waals surface area contributed by atoms with Crippen molar-refractivity contribution in [1.82, 2.24) is 4.98 Å². The number of ether oxygens (including phenoxy) is 1. The van der Waals surface area contributed by atoms with Gasteiger partial charge in [0.15, 0.2) is 0 Å². The van der Waals surface area contributed by atoms with Crippen LogP contribution in [-0.4, -0.2) is 32.4 Å². The van der Waals surface area contributed by atoms with Crippen LogP contribution >= 0.6 is 0 Å². The highest BCUT2D eigenvalue weighted by Gasteiger charge is 2.14. The van der Waals surface area contributed by atoms with Gasteiger partial charge in [-0.2, -0.15) is 0 Å². The molecule has 1 unspecified atom stereocenters. The number of aromatic nitrogens is 1. The van der Waals surface area contributed by atoms with E-state index in [4.69, 9.17) is 4.74 Å². The predicted molar refractivity (Wildman–Crippen MR) is 122 cm³/mol. The van der Waals surface area contributed by atoms with Gasteiger partial charge in [-0.25, -0.2) is 0 Å². The monoisotopic (exact) mass is 389 g/mol. The topological polar surface area (TPSA) is 70.6 Å². The smallest absolute Gasteiger partial charge is 0.145 e. The Morgan fingerprint density at radius 3 is 2.48 bits per heavy atom. The molecule has 6 heteroatoms. The average molecular weight is 390 g/mol. The minimum atomic E-state index is -0.305. The van der Waals surface area contributed by atoms with Crippen LogP contribution in [-0.2, 0) is 0 Å². The maximum Gasteiger partial charge on any atom is 0.145 e. The fourth-order valence-electron chi connectivity index (χ4n) is 3.20. The van der Waals surface area contributed by atoms with Gasteiger partial charge < -0.3 is 20.7 Å². The van der Waals surface area contributed by atoms with E-state index in [0.29, 0.717) is 6.61 Å². The van der Waals surface area contributed by atoms with Crippen LogP contribution < -0.4 is 20.7 Å². The van der Waals surface area contributed by atoms with Crippen molar-refractivity contribution >= 4 is 23.8 Å². The fraction of sp³-hybridized carbons (Fsp3) is 0.217. The molecule has 150 valence electrons. The summed E-state index contributed by atoms with van der Waals surface area (Å²) in [5, 5.41) is 9.93. The van der Waals surface area contributed by atoms with Gasteiger partial charge in [-0.3, -0.25) is 9.98 Å². The standard InChI is InChI=1S/C23H27N5O/c1-5-29-18-9-11-20(28-23(26-4)17-7-6-12-27-15-17)19(14-18)16-8-10-21(24-2)22(13-16)25-3/h6-15,23-25,28H,4-5H2,1-3H3. The van der Waals surface area contributed by atoms with E-state index < -0.39 is 0 Å². The number of hydrogen-bond acceptors (Lipinski definition) is 6. The molecule has 0 radical (unpaired) electrons. The SMILES string of the molecule is C=NC(Nc1ccc(OCC)cc1-c1ccc(NC)c(NC)c1)c1cccnc1. The molecular weight excluding hydrogens is 362 g/mol. The molecule has 1 heterocycles. The molecular formula is C23H27N5O. The minimum Gasteiger partial charge on any atom is -0.494 e. The zero-order valence-corrected chi connectivity index (χ0v) is 17.1. The van der Waals surface area contributed by atoms with Crippen LogP contribution in [0.2, 0.25) is 0 Å². The minimum absolute atomic E-state index is 0.305. The van der Waals surface area contributed by atoms with Crippen molar-refractivity contribution < 1.29 is 4.74 Å². The molecule has 0 saturated carbocycles. The first-order valence-corrected chi connectivity index (χ1v) is 9.59. The van der Waals surface area contributed by atoms with Crippen LogP contribution in [0, 0.1) is 0 Å². The molecule has 3 rings (SSSR count). The number of anilines is 3. The third-order valence-electron chi connectivity index (χ3n) is 4.65. The van der Waals surface area contributed by atoms with Gasteiger partial charge in [0.05, 0.1) is 18.0 Å². The van der Waals surface area contributed by atoms with Crippen molar-refractivity contribution in [3.63, 3.8) is 0 Å². The number of pyridine rings is 1. The number of benzene rings is 2. The Labute approximate surface area is 172 Å². The largest absolute Gasteiger partial charge is 0.494 e. The molecule has 1 aromatic heterocycles. The van der Waals surface area contributed by atoms with E-state index in [0.717, 1.165) is 39.5 Å². The molecule has 29 heavy (non-hydrogen) atoms. The highest BCUT2D eigenvalue weighted by molar-refractivity contribution is 5.84. The molecule has 0 aliphatic heterocycles. The van der Waals surface area contributed by atoms with Crippen LogP contribution in [0.1, 0.15) is 18.7 Å². The average Bonchev–Trinajstić information content (AvgIpc) is 2.78. The molecule has 0 aliphatic rings. The van der Waals surface area contributed by atoms with E-state index in [1.165, 1.54) is 0 Å². The van der Waals surface area contributed by atoms with Gasteiger partial charge in [0.2, 0.25) is 0 Å². The van der Waals surface area contributed by atoms with E-state index in [2.05, 4.69) is 50.8 Å². The molecule has 2 aromatic carbocycles. The number of nitrogens with one attached hydrogen (secondary N) is 3. The number of rotatable bonds is 9. The van der Waals surface area contributed by atoms with Crippen molar-refractivity contribution in [2.45, 2.75) is 13.1 Å². The van der Waals surface area contributed by atoms with Crippen molar-refractivity contribution in [2.75, 3.05) is 36.7 Å². The highest BCUT2D eigenvalue weighted by atomic mass is 16.5. The summed E-state index contributed by atoms with van der Waals surface area (Å²) >= 11 is 0. The van der Waals surface area contributed by atoms with Crippen LogP contribution in [0.4, 0.5) is 17.1 Å². The number of nitrogens with zero attached hydrogens (tertiary/aromatic N) is 2. The molecule has 0 aliphatic carbocycles. The van der Waals surface area contributed by atoms with Crippen LogP contribution in [0.15, 0.2) is 65.9 Å². The van der Waals surface area contributed by atoms with Gasteiger partial charge >= 0.3 is 0 Å². The highest BCUT2D eigenvalue weighted by Crippen LogP contribution is 2.37. The quantitative estimate of drug-likeness (QED) is 0.447. The maximum atomic E-state index is 5.74. The van der Waals surface area contributed by atoms with E-state index in [-0.39, 0.29) is 6.17 Å². The Bertz CT molecular complexity index is 959. The summed E-state index contributed by atoms with van der Waals surface area (Å²) in [7, 11) is 3.82. The van der Waals surface area contributed by atoms with Gasteiger partial charge in [0.25, 0.3) is 0 Å². The lowest BCUT2D eigenvalue weighted by molar-refractivity contribution is 0.340. The second kappa shape index (κ2) is 9.59. The second-order valence-electron chi connectivity index (χ2n) is 6.42. The van der Waals surface area contributed by atoms with Gasteiger partial charge in [-0.05, 0) is 55.6 Å². The predicted octanol–water partition coefficient (Wildman–Crippen LogP) is 5.04. The lowest BCUT2D eigenvalue weighted by Crippen LogP contribution is -2.09. The molecule has 1 atom stereocenters. The van der Waals surface area contributed by atoms with E-state index in [1.54, 1.807) is 12.4 Å². The molecule has 3 N–H and O–H groups in total. The molecule has 3 aromatic rings. The van der Waals surface area contributed by atoms with Crippen molar-refractivity contribution in [2.24, 2.45) is 4.99 Å². The van der Waals surface area contributed by atoms with E-state index in [1.807, 2.05) is 51.4 Å². The van der Waals surface area contributed by atoms with Crippen LogP contribution in [0.5, 0.6) is 5.75 Å². The third kappa shape index (κ3) is 4.66. The lowest BCUT2D eigenvalue weighted by atomic mass is 10.0. The Hall–Kier alpha value is -3.54. The molecule has 0 spiro atoms. The summed E-state index contributed by atoms with van der Waals surface area (Å²) in [4.78, 5) is 8.45. The fourth-order valence-corrected chi connectivity index (χ4v) is 3.20. The number of aliphatic imine (C=N–C) groups is 1. The Balaban J connectivity index is 2.05. The summed E-state index contributed by atoms with van der Waals surface area (Å²) in [5.74, 6) is 0.821. The van der Waals surface area contributed by atoms with Gasteiger partial charge in [0.1, 0.15) is 11.9 Å². The molecule has 0 bridgehead atoms. The third-order valence-corrected chi connectivity index (χ3v) is 4.65. The summed E-state index contributed by atoms with van der Waals surface area (Å²) in [6, 6.07) is 16.1. The van der Waals surface area contributed by atoms with Crippen molar-refractivity contribution in [3.8, 4) is 16.9 Å². The maximum absolute atomic E-state index is 5.74. The molecule has 6 nitrogen and oxygen atoms in total. The second-order valence-corrected chi connectivity index (χ2v) is 6.42. The summed E-state index contributed by atoms with van der Waals surface area (Å²) < 4.78 is 5.74. The summed E-state index contributed by atoms with van der Waals surface area (Å²) in [6.45, 7) is 6.34. The van der Waals surface area contributed by atoms with E-state index in [9.17, 15) is 0 Å². The van der Waals surface area contributed by atoms with E-state index >= 15 is 0 Å². The Morgan fingerprint density at radius 2 is 1.83 bits per heavy atom. The first-order chi connectivity index (χ1) is 14.2. The molecule has 0 amide bonds. The summed E-state index contributed by atoms with van der Waals surface area (Å²) in [5.41, 5.74) is 6.02. The zero-order valence-electron chi connectivity index (χ0n) is 17.1. The molecule has 0 fully saturated rings. The van der Waals surface area contributed by atoms with Crippen molar-refractivity contribution in [3.05, 3.63) is 66.5 Å². The first-order valence-electron chi connectivity index (χ1n) is 9.59. The summed E-state index contributed by atoms with van der Waals surface area (Å²) in [6.07, 6.45) is 3.23. The molecule has 0 saturated heterocycles. The normalized spacial score (nSPS) is 11.4. The van der Waals surface area contributed by atoms with Crippen LogP contribution in [0.25, 0.3) is 11.1 Å². The van der Waals surface area contributed by atoms with Gasteiger partial charge in [-0.15, -0.1) is 0 Å². The lowest BCUT2D eigenvalue weighted by Gasteiger charge is -2.20. The van der Waals surface area contributed by atoms with Gasteiger partial charge in [-0.1, -0.05) is 12.1 Å².